The summed E-state index contributed by atoms with van der Waals surface area (Å²) in [5.41, 5.74) is 3.44. The largest absolute Gasteiger partial charge is 0.450 e. The number of aromatic nitrogens is 4. The fourth-order valence-corrected chi connectivity index (χ4v) is 3.01. The Morgan fingerprint density at radius 2 is 2.00 bits per heavy atom. The number of nitrogens with zero attached hydrogens (tertiary/aromatic N) is 4. The molecule has 3 N–H and O–H groups in total. The van der Waals surface area contributed by atoms with Gasteiger partial charge < -0.3 is 19.9 Å². The van der Waals surface area contributed by atoms with Gasteiger partial charge in [-0.25, -0.2) is 19.7 Å². The molecule has 3 aromatic rings. The van der Waals surface area contributed by atoms with Crippen LogP contribution in [0.5, 0.6) is 0 Å². The maximum absolute atomic E-state index is 11.5. The number of nitrogens with one attached hydrogen (secondary N) is 3. The highest BCUT2D eigenvalue weighted by molar-refractivity contribution is 5.88. The van der Waals surface area contributed by atoms with Crippen LogP contribution in [0, 0.1) is 0 Å². The molecule has 0 atom stereocenters. The summed E-state index contributed by atoms with van der Waals surface area (Å²) in [6.45, 7) is 5.77. The second-order valence-corrected chi connectivity index (χ2v) is 6.17. The van der Waals surface area contributed by atoms with Gasteiger partial charge in [0.25, 0.3) is 0 Å². The first kappa shape index (κ1) is 17.2. The van der Waals surface area contributed by atoms with Gasteiger partial charge in [0.05, 0.1) is 17.6 Å². The van der Waals surface area contributed by atoms with Gasteiger partial charge in [-0.2, -0.15) is 0 Å². The lowest BCUT2D eigenvalue weighted by Gasteiger charge is -2.27. The third-order valence-corrected chi connectivity index (χ3v) is 4.35. The molecular formula is C18H21N7O2. The highest BCUT2D eigenvalue weighted by Crippen LogP contribution is 2.24. The highest BCUT2D eigenvalue weighted by atomic mass is 16.5. The van der Waals surface area contributed by atoms with Crippen LogP contribution in [0.25, 0.3) is 22.2 Å². The number of aromatic amines is 1. The van der Waals surface area contributed by atoms with E-state index < -0.39 is 6.09 Å². The lowest BCUT2D eigenvalue weighted by atomic mass is 10.1. The van der Waals surface area contributed by atoms with E-state index in [0.717, 1.165) is 54.3 Å². The molecular weight excluding hydrogens is 346 g/mol. The minimum Gasteiger partial charge on any atom is -0.450 e. The zero-order valence-electron chi connectivity index (χ0n) is 15.0. The molecule has 27 heavy (non-hydrogen) atoms. The molecule has 4 rings (SSSR count). The van der Waals surface area contributed by atoms with Gasteiger partial charge in [-0.3, -0.25) is 5.32 Å². The number of hydrogen-bond donors (Lipinski definition) is 3. The van der Waals surface area contributed by atoms with Crippen molar-refractivity contribution in [3.05, 3.63) is 30.6 Å². The number of fused-ring (bicyclic) bond motifs is 1. The van der Waals surface area contributed by atoms with Gasteiger partial charge in [0.2, 0.25) is 11.9 Å². The number of piperazine rings is 1. The van der Waals surface area contributed by atoms with Crippen LogP contribution in [0.1, 0.15) is 6.92 Å². The average Bonchev–Trinajstić information content (AvgIpc) is 3.10. The SMILES string of the molecule is CCOC(=O)Nc1nc2cc(-c3cnc(N4CCNCC4)nc3)ccc2[nH]1. The second-order valence-electron chi connectivity index (χ2n) is 6.17. The number of carbonyl (C=O) groups is 1. The molecule has 3 heterocycles. The molecule has 0 bridgehead atoms. The van der Waals surface area contributed by atoms with Crippen molar-refractivity contribution in [3.63, 3.8) is 0 Å². The first-order valence-corrected chi connectivity index (χ1v) is 8.94. The van der Waals surface area contributed by atoms with E-state index in [-0.39, 0.29) is 0 Å². The summed E-state index contributed by atoms with van der Waals surface area (Å²) in [7, 11) is 0. The summed E-state index contributed by atoms with van der Waals surface area (Å²) in [6, 6.07) is 5.82. The van der Waals surface area contributed by atoms with E-state index in [2.05, 4.69) is 35.5 Å². The molecule has 1 saturated heterocycles. The maximum Gasteiger partial charge on any atom is 0.413 e. The van der Waals surface area contributed by atoms with Gasteiger partial charge in [-0.15, -0.1) is 0 Å². The van der Waals surface area contributed by atoms with Gasteiger partial charge in [0.1, 0.15) is 0 Å². The molecule has 1 aromatic carbocycles. The molecule has 1 aliphatic heterocycles. The summed E-state index contributed by atoms with van der Waals surface area (Å²) in [6.07, 6.45) is 3.13. The van der Waals surface area contributed by atoms with E-state index in [4.69, 9.17) is 4.74 Å². The highest BCUT2D eigenvalue weighted by Gasteiger charge is 2.13. The first-order chi connectivity index (χ1) is 13.2. The van der Waals surface area contributed by atoms with E-state index in [1.165, 1.54) is 0 Å². The van der Waals surface area contributed by atoms with Crippen molar-refractivity contribution in [1.29, 1.82) is 0 Å². The van der Waals surface area contributed by atoms with Crippen LogP contribution in [-0.2, 0) is 4.74 Å². The Bertz CT molecular complexity index is 933. The molecule has 0 spiro atoms. The third-order valence-electron chi connectivity index (χ3n) is 4.35. The Hall–Kier alpha value is -3.20. The molecule has 0 radical (unpaired) electrons. The minimum absolute atomic E-state index is 0.306. The van der Waals surface area contributed by atoms with Gasteiger partial charge in [0.15, 0.2) is 0 Å². The Balaban J connectivity index is 1.53. The molecule has 2 aromatic heterocycles. The zero-order valence-corrected chi connectivity index (χ0v) is 15.0. The van der Waals surface area contributed by atoms with E-state index >= 15 is 0 Å². The van der Waals surface area contributed by atoms with Crippen molar-refractivity contribution in [3.8, 4) is 11.1 Å². The summed E-state index contributed by atoms with van der Waals surface area (Å²) < 4.78 is 4.86. The van der Waals surface area contributed by atoms with E-state index in [0.29, 0.717) is 12.6 Å². The quantitative estimate of drug-likeness (QED) is 0.647. The summed E-state index contributed by atoms with van der Waals surface area (Å²) in [4.78, 5) is 30.1. The van der Waals surface area contributed by atoms with Crippen LogP contribution in [0.2, 0.25) is 0 Å². The number of carbonyl (C=O) groups excluding carboxylic acids is 1. The molecule has 0 aliphatic carbocycles. The molecule has 0 unspecified atom stereocenters. The van der Waals surface area contributed by atoms with Crippen molar-refractivity contribution in [2.24, 2.45) is 0 Å². The number of benzene rings is 1. The van der Waals surface area contributed by atoms with Gasteiger partial charge in [-0.1, -0.05) is 6.07 Å². The predicted octanol–water partition coefficient (Wildman–Crippen LogP) is 2.00. The van der Waals surface area contributed by atoms with Gasteiger partial charge >= 0.3 is 6.09 Å². The van der Waals surface area contributed by atoms with Gasteiger partial charge in [-0.05, 0) is 24.6 Å². The Morgan fingerprint density at radius 1 is 1.22 bits per heavy atom. The minimum atomic E-state index is -0.534. The number of amides is 1. The number of imidazole rings is 1. The van der Waals surface area contributed by atoms with E-state index in [1.54, 1.807) is 6.92 Å². The second kappa shape index (κ2) is 7.58. The number of ether oxygens (including phenoxy) is 1. The van der Waals surface area contributed by atoms with Crippen molar-refractivity contribution >= 4 is 29.0 Å². The predicted molar refractivity (Wildman–Crippen MR) is 103 cm³/mol. The first-order valence-electron chi connectivity index (χ1n) is 8.94. The molecule has 9 nitrogen and oxygen atoms in total. The van der Waals surface area contributed by atoms with Crippen LogP contribution in [0.4, 0.5) is 16.7 Å². The fraction of sp³-hybridized carbons (Fsp3) is 0.333. The topological polar surface area (TPSA) is 108 Å². The summed E-state index contributed by atoms with van der Waals surface area (Å²) in [5.74, 6) is 1.10. The summed E-state index contributed by atoms with van der Waals surface area (Å²) >= 11 is 0. The molecule has 1 fully saturated rings. The smallest absolute Gasteiger partial charge is 0.413 e. The van der Waals surface area contributed by atoms with Crippen molar-refractivity contribution in [2.75, 3.05) is 43.0 Å². The van der Waals surface area contributed by atoms with Crippen LogP contribution in [0.15, 0.2) is 30.6 Å². The number of hydrogen-bond acceptors (Lipinski definition) is 7. The van der Waals surface area contributed by atoms with E-state index in [1.807, 2.05) is 30.6 Å². The standard InChI is InChI=1S/C18H21N7O2/c1-2-27-18(26)24-16-22-14-4-3-12(9-15(14)23-16)13-10-20-17(21-11-13)25-7-5-19-6-8-25/h3-4,9-11,19H,2,5-8H2,1H3,(H2,22,23,24,26). The van der Waals surface area contributed by atoms with Crippen molar-refractivity contribution < 1.29 is 9.53 Å². The van der Waals surface area contributed by atoms with Crippen molar-refractivity contribution in [2.45, 2.75) is 6.92 Å². The van der Waals surface area contributed by atoms with E-state index in [9.17, 15) is 4.79 Å². The Morgan fingerprint density at radius 3 is 2.74 bits per heavy atom. The lowest BCUT2D eigenvalue weighted by Crippen LogP contribution is -2.44. The lowest BCUT2D eigenvalue weighted by molar-refractivity contribution is 0.167. The maximum atomic E-state index is 11.5. The Kier molecular flexibility index (Phi) is 4.84. The molecule has 140 valence electrons. The molecule has 1 amide bonds. The number of anilines is 2. The average molecular weight is 367 g/mol. The van der Waals surface area contributed by atoms with Crippen molar-refractivity contribution in [1.82, 2.24) is 25.3 Å². The normalized spacial score (nSPS) is 14.3. The number of H-pyrrole nitrogens is 1. The van der Waals surface area contributed by atoms with Gasteiger partial charge in [0, 0.05) is 44.1 Å². The third kappa shape index (κ3) is 3.82. The Labute approximate surface area is 156 Å². The van der Waals surface area contributed by atoms with Crippen LogP contribution in [0.3, 0.4) is 0 Å². The number of rotatable bonds is 4. The van der Waals surface area contributed by atoms with Crippen LogP contribution in [-0.4, -0.2) is 58.8 Å². The zero-order chi connectivity index (χ0) is 18.6. The molecule has 9 heteroatoms. The fourth-order valence-electron chi connectivity index (χ4n) is 3.01. The van der Waals surface area contributed by atoms with Crippen LogP contribution >= 0.6 is 0 Å². The van der Waals surface area contributed by atoms with Crippen LogP contribution < -0.4 is 15.5 Å². The molecule has 1 aliphatic rings. The molecule has 0 saturated carbocycles. The monoisotopic (exact) mass is 367 g/mol. The summed E-state index contributed by atoms with van der Waals surface area (Å²) in [5, 5.41) is 5.89.